The number of hydrogen-bond donors (Lipinski definition) is 0. The van der Waals surface area contributed by atoms with Crippen LogP contribution >= 0.6 is 15.9 Å². The number of halogens is 1. The number of piperidine rings is 1. The number of sulfone groups is 1. The normalized spacial score (nSPS) is 17.7. The van der Waals surface area contributed by atoms with Crippen LogP contribution in [0.3, 0.4) is 0 Å². The van der Waals surface area contributed by atoms with Crippen molar-refractivity contribution < 1.29 is 8.42 Å². The van der Waals surface area contributed by atoms with Gasteiger partial charge in [0.25, 0.3) is 0 Å². The third-order valence-corrected chi connectivity index (χ3v) is 6.49. The summed E-state index contributed by atoms with van der Waals surface area (Å²) in [6, 6.07) is 2.04. The molecule has 0 radical (unpaired) electrons. The minimum absolute atomic E-state index is 0.182. The molecule has 1 aromatic heterocycles. The number of nitrogens with zero attached hydrogens (tertiary/aromatic N) is 2. The molecule has 0 aromatic carbocycles. The van der Waals surface area contributed by atoms with E-state index < -0.39 is 9.84 Å². The Morgan fingerprint density at radius 1 is 1.42 bits per heavy atom. The van der Waals surface area contributed by atoms with Crippen LogP contribution in [0.4, 0.5) is 5.82 Å². The van der Waals surface area contributed by atoms with Crippen molar-refractivity contribution in [2.24, 2.45) is 0 Å². The van der Waals surface area contributed by atoms with E-state index in [4.69, 9.17) is 0 Å². The molecule has 2 heterocycles. The van der Waals surface area contributed by atoms with E-state index in [0.717, 1.165) is 28.9 Å². The van der Waals surface area contributed by atoms with E-state index >= 15 is 0 Å². The molecule has 0 bridgehead atoms. The van der Waals surface area contributed by atoms with Crippen molar-refractivity contribution in [3.63, 3.8) is 0 Å². The van der Waals surface area contributed by atoms with E-state index in [1.807, 2.05) is 19.2 Å². The average molecular weight is 347 g/mol. The Kier molecular flexibility index (Phi) is 4.50. The molecule has 0 N–H and O–H groups in total. The quantitative estimate of drug-likeness (QED) is 0.843. The Balaban J connectivity index is 2.08. The molecule has 0 spiro atoms. The van der Waals surface area contributed by atoms with Crippen LogP contribution in [0.15, 0.2) is 16.7 Å². The zero-order valence-electron chi connectivity index (χ0n) is 11.3. The molecule has 1 saturated heterocycles. The molecule has 1 aromatic rings. The maximum atomic E-state index is 11.9. The summed E-state index contributed by atoms with van der Waals surface area (Å²) < 4.78 is 24.7. The fourth-order valence-electron chi connectivity index (χ4n) is 2.42. The minimum atomic E-state index is -2.90. The Hall–Kier alpha value is -0.620. The summed E-state index contributed by atoms with van der Waals surface area (Å²) in [7, 11) is -2.90. The first-order chi connectivity index (χ1) is 8.94. The van der Waals surface area contributed by atoms with Gasteiger partial charge in [0.15, 0.2) is 9.84 Å². The van der Waals surface area contributed by atoms with E-state index in [1.165, 1.54) is 0 Å². The molecule has 2 rings (SSSR count). The Morgan fingerprint density at radius 2 is 2.05 bits per heavy atom. The van der Waals surface area contributed by atoms with Crippen molar-refractivity contribution in [3.8, 4) is 0 Å². The zero-order chi connectivity index (χ0) is 14.0. The molecular formula is C13H19BrN2O2S. The maximum absolute atomic E-state index is 11.9. The van der Waals surface area contributed by atoms with Gasteiger partial charge in [-0.05, 0) is 47.3 Å². The van der Waals surface area contributed by atoms with E-state index in [-0.39, 0.29) is 11.0 Å². The van der Waals surface area contributed by atoms with Crippen LogP contribution < -0.4 is 4.90 Å². The number of aryl methyl sites for hydroxylation is 1. The summed E-state index contributed by atoms with van der Waals surface area (Å²) in [6.07, 6.45) is 3.23. The first kappa shape index (κ1) is 14.8. The molecule has 1 fully saturated rings. The molecule has 0 atom stereocenters. The SMILES string of the molecule is CCS(=O)(=O)C1CCN(c2ncc(C)cc2Br)CC1. The van der Waals surface area contributed by atoms with Crippen molar-refractivity contribution in [2.75, 3.05) is 23.7 Å². The van der Waals surface area contributed by atoms with E-state index in [1.54, 1.807) is 6.92 Å². The molecule has 0 saturated carbocycles. The topological polar surface area (TPSA) is 50.3 Å². The Bertz CT molecular complexity index is 552. The second-order valence-electron chi connectivity index (χ2n) is 4.96. The standard InChI is InChI=1S/C13H19BrN2O2S/c1-3-19(17,18)11-4-6-16(7-5-11)13-12(14)8-10(2)9-15-13/h8-9,11H,3-7H2,1-2H3. The summed E-state index contributed by atoms with van der Waals surface area (Å²) >= 11 is 3.53. The molecule has 0 unspecified atom stereocenters. The van der Waals surface area contributed by atoms with Crippen LogP contribution in [-0.2, 0) is 9.84 Å². The monoisotopic (exact) mass is 346 g/mol. The van der Waals surface area contributed by atoms with E-state index in [2.05, 4.69) is 25.8 Å². The summed E-state index contributed by atoms with van der Waals surface area (Å²) in [5, 5.41) is -0.182. The van der Waals surface area contributed by atoms with Gasteiger partial charge in [-0.25, -0.2) is 13.4 Å². The van der Waals surface area contributed by atoms with Crippen molar-refractivity contribution >= 4 is 31.6 Å². The van der Waals surface area contributed by atoms with Crippen LogP contribution in [0.1, 0.15) is 25.3 Å². The second kappa shape index (κ2) is 5.79. The lowest BCUT2D eigenvalue weighted by Gasteiger charge is -2.32. The number of hydrogen-bond acceptors (Lipinski definition) is 4. The summed E-state index contributed by atoms with van der Waals surface area (Å²) in [4.78, 5) is 6.60. The van der Waals surface area contributed by atoms with Crippen LogP contribution in [-0.4, -0.2) is 37.5 Å². The third kappa shape index (κ3) is 3.28. The maximum Gasteiger partial charge on any atom is 0.153 e. The van der Waals surface area contributed by atoms with Gasteiger partial charge >= 0.3 is 0 Å². The highest BCUT2D eigenvalue weighted by Gasteiger charge is 2.29. The average Bonchev–Trinajstić information content (AvgIpc) is 2.39. The van der Waals surface area contributed by atoms with Gasteiger partial charge in [-0.3, -0.25) is 0 Å². The highest BCUT2D eigenvalue weighted by Crippen LogP contribution is 2.28. The van der Waals surface area contributed by atoms with E-state index in [0.29, 0.717) is 12.8 Å². The molecule has 0 aliphatic carbocycles. The molecule has 106 valence electrons. The molecular weight excluding hydrogens is 328 g/mol. The van der Waals surface area contributed by atoms with Gasteiger partial charge in [0.2, 0.25) is 0 Å². The second-order valence-corrected chi connectivity index (χ2v) is 8.38. The minimum Gasteiger partial charge on any atom is -0.356 e. The smallest absolute Gasteiger partial charge is 0.153 e. The lowest BCUT2D eigenvalue weighted by molar-refractivity contribution is 0.528. The fraction of sp³-hybridized carbons (Fsp3) is 0.615. The van der Waals surface area contributed by atoms with Gasteiger partial charge in [0, 0.05) is 25.0 Å². The molecule has 1 aliphatic rings. The van der Waals surface area contributed by atoms with Gasteiger partial charge in [-0.1, -0.05) is 6.92 Å². The molecule has 6 heteroatoms. The van der Waals surface area contributed by atoms with Gasteiger partial charge in [0.1, 0.15) is 5.82 Å². The zero-order valence-corrected chi connectivity index (χ0v) is 13.7. The fourth-order valence-corrected chi connectivity index (χ4v) is 4.54. The Labute approximate surface area is 123 Å². The predicted octanol–water partition coefficient (Wildman–Crippen LogP) is 2.56. The van der Waals surface area contributed by atoms with Crippen molar-refractivity contribution in [1.29, 1.82) is 0 Å². The predicted molar refractivity (Wildman–Crippen MR) is 81.4 cm³/mol. The number of pyridine rings is 1. The van der Waals surface area contributed by atoms with Crippen molar-refractivity contribution in [3.05, 3.63) is 22.3 Å². The molecule has 0 amide bonds. The molecule has 1 aliphatic heterocycles. The van der Waals surface area contributed by atoms with Gasteiger partial charge in [-0.15, -0.1) is 0 Å². The first-order valence-electron chi connectivity index (χ1n) is 6.52. The highest BCUT2D eigenvalue weighted by atomic mass is 79.9. The van der Waals surface area contributed by atoms with Crippen molar-refractivity contribution in [1.82, 2.24) is 4.98 Å². The molecule has 4 nitrogen and oxygen atoms in total. The molecule has 19 heavy (non-hydrogen) atoms. The lowest BCUT2D eigenvalue weighted by atomic mass is 10.1. The van der Waals surface area contributed by atoms with Crippen LogP contribution in [0.2, 0.25) is 0 Å². The highest BCUT2D eigenvalue weighted by molar-refractivity contribution is 9.10. The summed E-state index contributed by atoms with van der Waals surface area (Å²) in [5.41, 5.74) is 1.11. The summed E-state index contributed by atoms with van der Waals surface area (Å²) in [5.74, 6) is 1.15. The Morgan fingerprint density at radius 3 is 2.58 bits per heavy atom. The summed E-state index contributed by atoms with van der Waals surface area (Å²) in [6.45, 7) is 5.22. The van der Waals surface area contributed by atoms with Gasteiger partial charge < -0.3 is 4.90 Å². The number of rotatable bonds is 3. The van der Waals surface area contributed by atoms with E-state index in [9.17, 15) is 8.42 Å². The third-order valence-electron chi connectivity index (χ3n) is 3.61. The lowest BCUT2D eigenvalue weighted by Crippen LogP contribution is -2.40. The van der Waals surface area contributed by atoms with Gasteiger partial charge in [-0.2, -0.15) is 0 Å². The largest absolute Gasteiger partial charge is 0.356 e. The van der Waals surface area contributed by atoms with Crippen LogP contribution in [0.5, 0.6) is 0 Å². The van der Waals surface area contributed by atoms with Gasteiger partial charge in [0.05, 0.1) is 9.72 Å². The number of aromatic nitrogens is 1. The first-order valence-corrected chi connectivity index (χ1v) is 9.03. The number of anilines is 1. The van der Waals surface area contributed by atoms with Crippen molar-refractivity contribution in [2.45, 2.75) is 31.9 Å². The van der Waals surface area contributed by atoms with Crippen LogP contribution in [0.25, 0.3) is 0 Å². The van der Waals surface area contributed by atoms with Crippen LogP contribution in [0, 0.1) is 6.92 Å².